The maximum absolute atomic E-state index is 12.1. The molecule has 0 aliphatic carbocycles. The van der Waals surface area contributed by atoms with Gasteiger partial charge in [-0.1, -0.05) is 49.7 Å². The summed E-state index contributed by atoms with van der Waals surface area (Å²) in [7, 11) is 0. The third-order valence-corrected chi connectivity index (χ3v) is 5.42. The Morgan fingerprint density at radius 1 is 1.00 bits per heavy atom. The number of primary amides is 1. The van der Waals surface area contributed by atoms with Crippen LogP contribution in [0.2, 0.25) is 0 Å². The third kappa shape index (κ3) is 3.54. The molecule has 0 atom stereocenters. The number of aromatic nitrogens is 1. The molecule has 152 valence electrons. The molecule has 0 bridgehead atoms. The summed E-state index contributed by atoms with van der Waals surface area (Å²) in [5.41, 5.74) is 11.3. The zero-order valence-corrected chi connectivity index (χ0v) is 17.2. The Morgan fingerprint density at radius 3 is 2.53 bits per heavy atom. The Kier molecular flexibility index (Phi) is 5.27. The van der Waals surface area contributed by atoms with Gasteiger partial charge < -0.3 is 15.6 Å². The van der Waals surface area contributed by atoms with Crippen molar-refractivity contribution in [3.05, 3.63) is 77.4 Å². The first-order valence-electron chi connectivity index (χ1n) is 10.2. The fourth-order valence-electron chi connectivity index (χ4n) is 4.15. The average molecular weight is 399 g/mol. The topological polar surface area (TPSA) is 77.1 Å². The maximum Gasteiger partial charge on any atom is 0.249 e. The molecule has 0 aliphatic rings. The first kappa shape index (κ1) is 19.7. The Morgan fingerprint density at radius 2 is 1.80 bits per heavy atom. The molecule has 1 aromatic heterocycles. The van der Waals surface area contributed by atoms with Crippen LogP contribution >= 0.6 is 0 Å². The van der Waals surface area contributed by atoms with Crippen molar-refractivity contribution in [2.45, 2.75) is 33.2 Å². The van der Waals surface area contributed by atoms with Crippen LogP contribution in [0.25, 0.3) is 21.8 Å². The summed E-state index contributed by atoms with van der Waals surface area (Å²) >= 11 is 0. The van der Waals surface area contributed by atoms with Crippen LogP contribution in [0.15, 0.2) is 60.7 Å². The molecule has 0 saturated heterocycles. The molecule has 5 nitrogen and oxygen atoms in total. The number of benzene rings is 3. The smallest absolute Gasteiger partial charge is 0.249 e. The number of anilines is 1. The minimum absolute atomic E-state index is 0.106. The molecule has 0 fully saturated rings. The third-order valence-electron chi connectivity index (χ3n) is 5.42. The second-order valence-electron chi connectivity index (χ2n) is 7.59. The van der Waals surface area contributed by atoms with E-state index in [-0.39, 0.29) is 5.91 Å². The molecule has 0 aliphatic heterocycles. The number of para-hydroxylation sites is 1. The number of nitrogens with zero attached hydrogens (tertiary/aromatic N) is 1. The Balaban J connectivity index is 1.98. The lowest BCUT2D eigenvalue weighted by atomic mass is 10.0. The van der Waals surface area contributed by atoms with E-state index in [0.29, 0.717) is 12.1 Å². The van der Waals surface area contributed by atoms with E-state index in [0.717, 1.165) is 45.9 Å². The predicted molar refractivity (Wildman–Crippen MR) is 122 cm³/mol. The van der Waals surface area contributed by atoms with Gasteiger partial charge >= 0.3 is 0 Å². The van der Waals surface area contributed by atoms with Crippen LogP contribution in [0, 0.1) is 0 Å². The molecule has 2 amide bonds. The molecule has 0 radical (unpaired) electrons. The lowest BCUT2D eigenvalue weighted by molar-refractivity contribution is -0.114. The van der Waals surface area contributed by atoms with Gasteiger partial charge in [-0.3, -0.25) is 9.59 Å². The number of hydrogen-bond acceptors (Lipinski definition) is 2. The largest absolute Gasteiger partial charge is 0.366 e. The predicted octanol–water partition coefficient (Wildman–Crippen LogP) is 4.85. The van der Waals surface area contributed by atoms with Crippen molar-refractivity contribution < 1.29 is 9.59 Å². The summed E-state index contributed by atoms with van der Waals surface area (Å²) in [5, 5.41) is 4.80. The summed E-state index contributed by atoms with van der Waals surface area (Å²) in [6.45, 7) is 4.23. The number of amides is 2. The molecule has 5 heteroatoms. The van der Waals surface area contributed by atoms with Crippen LogP contribution in [0.4, 0.5) is 5.69 Å². The zero-order chi connectivity index (χ0) is 21.3. The lowest BCUT2D eigenvalue weighted by Gasteiger charge is -2.13. The Bertz CT molecular complexity index is 1270. The van der Waals surface area contributed by atoms with E-state index < -0.39 is 5.91 Å². The Labute approximate surface area is 175 Å². The van der Waals surface area contributed by atoms with E-state index in [4.69, 9.17) is 5.73 Å². The normalized spacial score (nSPS) is 11.1. The van der Waals surface area contributed by atoms with Crippen LogP contribution < -0.4 is 11.1 Å². The fourth-order valence-corrected chi connectivity index (χ4v) is 4.15. The van der Waals surface area contributed by atoms with Gasteiger partial charge in [0.25, 0.3) is 0 Å². The highest BCUT2D eigenvalue weighted by molar-refractivity contribution is 6.18. The molecule has 4 aromatic rings. The van der Waals surface area contributed by atoms with Crippen molar-refractivity contribution in [2.75, 3.05) is 5.32 Å². The van der Waals surface area contributed by atoms with Crippen LogP contribution in [0.3, 0.4) is 0 Å². The minimum atomic E-state index is -0.434. The molecule has 0 unspecified atom stereocenters. The van der Waals surface area contributed by atoms with Gasteiger partial charge in [-0.2, -0.15) is 0 Å². The van der Waals surface area contributed by atoms with Crippen molar-refractivity contribution in [1.29, 1.82) is 0 Å². The van der Waals surface area contributed by atoms with Crippen molar-refractivity contribution in [2.24, 2.45) is 5.73 Å². The molecule has 1 heterocycles. The maximum atomic E-state index is 12.1. The highest BCUT2D eigenvalue weighted by Gasteiger charge is 2.17. The standard InChI is InChI=1S/C25H25N3O2/c1-3-7-17-12-13-19-23(14-17)28(22-11-6-9-20(24(19)22)25(26)30)15-18-8-4-5-10-21(18)27-16(2)29/h4-6,8-14H,3,7,15H2,1-2H3,(H2,26,30)(H,27,29). The van der Waals surface area contributed by atoms with Gasteiger partial charge in [-0.25, -0.2) is 0 Å². The number of rotatable bonds is 6. The van der Waals surface area contributed by atoms with E-state index in [1.807, 2.05) is 36.4 Å². The number of carbonyl (C=O) groups excluding carboxylic acids is 2. The number of carbonyl (C=O) groups is 2. The van der Waals surface area contributed by atoms with Gasteiger partial charge in [0.05, 0.1) is 12.1 Å². The second kappa shape index (κ2) is 8.03. The van der Waals surface area contributed by atoms with E-state index in [1.165, 1.54) is 12.5 Å². The monoisotopic (exact) mass is 399 g/mol. The average Bonchev–Trinajstić information content (AvgIpc) is 3.02. The summed E-state index contributed by atoms with van der Waals surface area (Å²) in [6.07, 6.45) is 2.05. The fraction of sp³-hybridized carbons (Fsp3) is 0.200. The van der Waals surface area contributed by atoms with Gasteiger partial charge in [-0.15, -0.1) is 0 Å². The molecular weight excluding hydrogens is 374 g/mol. The number of fused-ring (bicyclic) bond motifs is 3. The number of aryl methyl sites for hydroxylation is 1. The van der Waals surface area contributed by atoms with Crippen molar-refractivity contribution in [3.63, 3.8) is 0 Å². The molecule has 0 spiro atoms. The van der Waals surface area contributed by atoms with E-state index >= 15 is 0 Å². The van der Waals surface area contributed by atoms with Crippen molar-refractivity contribution in [1.82, 2.24) is 4.57 Å². The number of hydrogen-bond donors (Lipinski definition) is 2. The molecule has 30 heavy (non-hydrogen) atoms. The minimum Gasteiger partial charge on any atom is -0.366 e. The summed E-state index contributed by atoms with van der Waals surface area (Å²) in [5.74, 6) is -0.540. The quantitative estimate of drug-likeness (QED) is 0.486. The van der Waals surface area contributed by atoms with E-state index in [1.54, 1.807) is 6.07 Å². The highest BCUT2D eigenvalue weighted by Crippen LogP contribution is 2.34. The van der Waals surface area contributed by atoms with Crippen LogP contribution in [-0.2, 0) is 17.8 Å². The molecule has 4 rings (SSSR count). The van der Waals surface area contributed by atoms with Gasteiger partial charge in [0.1, 0.15) is 0 Å². The summed E-state index contributed by atoms with van der Waals surface area (Å²) < 4.78 is 2.21. The summed E-state index contributed by atoms with van der Waals surface area (Å²) in [6, 6.07) is 19.9. The molecule has 0 saturated carbocycles. The zero-order valence-electron chi connectivity index (χ0n) is 17.2. The van der Waals surface area contributed by atoms with Gasteiger partial charge in [0, 0.05) is 34.5 Å². The van der Waals surface area contributed by atoms with Crippen LogP contribution in [0.1, 0.15) is 41.8 Å². The Hall–Kier alpha value is -3.60. The van der Waals surface area contributed by atoms with E-state index in [9.17, 15) is 9.59 Å². The molecule has 3 N–H and O–H groups in total. The summed E-state index contributed by atoms with van der Waals surface area (Å²) in [4.78, 5) is 23.8. The highest BCUT2D eigenvalue weighted by atomic mass is 16.1. The van der Waals surface area contributed by atoms with Crippen molar-refractivity contribution in [3.8, 4) is 0 Å². The van der Waals surface area contributed by atoms with Gasteiger partial charge in [0.15, 0.2) is 0 Å². The first-order chi connectivity index (χ1) is 14.5. The lowest BCUT2D eigenvalue weighted by Crippen LogP contribution is -2.11. The van der Waals surface area contributed by atoms with Crippen LogP contribution in [0.5, 0.6) is 0 Å². The van der Waals surface area contributed by atoms with Crippen molar-refractivity contribution >= 4 is 39.3 Å². The second-order valence-corrected chi connectivity index (χ2v) is 7.59. The van der Waals surface area contributed by atoms with E-state index in [2.05, 4.69) is 35.0 Å². The molecular formula is C25H25N3O2. The van der Waals surface area contributed by atoms with Crippen LogP contribution in [-0.4, -0.2) is 16.4 Å². The molecule has 3 aromatic carbocycles. The SMILES string of the molecule is CCCc1ccc2c3c(C(N)=O)cccc3n(Cc3ccccc3NC(C)=O)c2c1. The number of nitrogens with two attached hydrogens (primary N) is 1. The first-order valence-corrected chi connectivity index (χ1v) is 10.2. The van der Waals surface area contributed by atoms with Gasteiger partial charge in [-0.05, 0) is 41.8 Å². The number of nitrogens with one attached hydrogen (secondary N) is 1. The van der Waals surface area contributed by atoms with Gasteiger partial charge in [0.2, 0.25) is 11.8 Å².